The van der Waals surface area contributed by atoms with Gasteiger partial charge in [-0.15, -0.1) is 11.8 Å². The Labute approximate surface area is 90.2 Å². The smallest absolute Gasteiger partial charge is 0.405 e. The average Bonchev–Trinajstić information content (AvgIpc) is 2.68. The van der Waals surface area contributed by atoms with Crippen LogP contribution >= 0.6 is 11.8 Å². The summed E-state index contributed by atoms with van der Waals surface area (Å²) >= 11 is 1.53. The minimum atomic E-state index is -1.20. The van der Waals surface area contributed by atoms with Gasteiger partial charge in [0.05, 0.1) is 11.4 Å². The van der Waals surface area contributed by atoms with Crippen LogP contribution in [0.15, 0.2) is 0 Å². The van der Waals surface area contributed by atoms with Crippen molar-refractivity contribution in [3.8, 4) is 6.07 Å². The standard InChI is InChI=1S/C8H9N3O3S/c9-2-4-3-15-6-1-5(10-8(13)14)7(12)11(4)6/h4-6,10H,1,3H2,(H,13,14)/t4-,5-,6+/m1/s1. The first kappa shape index (κ1) is 10.1. The van der Waals surface area contributed by atoms with Crippen LogP contribution in [-0.2, 0) is 4.79 Å². The normalized spacial score (nSPS) is 33.7. The average molecular weight is 227 g/mol. The van der Waals surface area contributed by atoms with Crippen molar-refractivity contribution in [3.63, 3.8) is 0 Å². The quantitative estimate of drug-likeness (QED) is 0.648. The van der Waals surface area contributed by atoms with Gasteiger partial charge in [0.2, 0.25) is 5.91 Å². The topological polar surface area (TPSA) is 93.4 Å². The third kappa shape index (κ3) is 1.61. The second kappa shape index (κ2) is 3.62. The molecule has 15 heavy (non-hydrogen) atoms. The third-order valence-corrected chi connectivity index (χ3v) is 3.84. The predicted molar refractivity (Wildman–Crippen MR) is 52.1 cm³/mol. The summed E-state index contributed by atoms with van der Waals surface area (Å²) in [5.41, 5.74) is 0. The van der Waals surface area contributed by atoms with E-state index in [1.54, 1.807) is 0 Å². The van der Waals surface area contributed by atoms with Crippen molar-refractivity contribution < 1.29 is 14.7 Å². The minimum Gasteiger partial charge on any atom is -0.465 e. The highest BCUT2D eigenvalue weighted by atomic mass is 32.2. The van der Waals surface area contributed by atoms with Gasteiger partial charge in [-0.3, -0.25) is 4.79 Å². The number of nitrogens with zero attached hydrogens (tertiary/aromatic N) is 2. The summed E-state index contributed by atoms with van der Waals surface area (Å²) in [5.74, 6) is 0.339. The Hall–Kier alpha value is -1.42. The molecule has 2 aliphatic rings. The van der Waals surface area contributed by atoms with Crippen LogP contribution in [0.1, 0.15) is 6.42 Å². The van der Waals surface area contributed by atoms with E-state index in [1.165, 1.54) is 16.7 Å². The predicted octanol–water partition coefficient (Wildman–Crippen LogP) is -0.180. The van der Waals surface area contributed by atoms with Crippen LogP contribution in [0, 0.1) is 11.3 Å². The lowest BCUT2D eigenvalue weighted by molar-refractivity contribution is -0.130. The number of fused-ring (bicyclic) bond motifs is 1. The maximum absolute atomic E-state index is 11.7. The number of hydrogen-bond acceptors (Lipinski definition) is 4. The number of hydrogen-bond donors (Lipinski definition) is 2. The number of nitrogens with one attached hydrogen (secondary N) is 1. The van der Waals surface area contributed by atoms with E-state index in [1.807, 2.05) is 6.07 Å². The van der Waals surface area contributed by atoms with Crippen molar-refractivity contribution in [1.82, 2.24) is 10.2 Å². The van der Waals surface area contributed by atoms with Gasteiger partial charge in [-0.25, -0.2) is 4.79 Å². The molecule has 0 aromatic carbocycles. The molecule has 2 aliphatic heterocycles. The van der Waals surface area contributed by atoms with E-state index in [0.717, 1.165) is 0 Å². The van der Waals surface area contributed by atoms with E-state index in [-0.39, 0.29) is 11.3 Å². The molecule has 3 atom stereocenters. The second-order valence-electron chi connectivity index (χ2n) is 3.42. The Morgan fingerprint density at radius 1 is 1.73 bits per heavy atom. The van der Waals surface area contributed by atoms with Crippen molar-refractivity contribution in [2.75, 3.05) is 5.75 Å². The largest absolute Gasteiger partial charge is 0.465 e. The van der Waals surface area contributed by atoms with Crippen LogP contribution in [0.4, 0.5) is 4.79 Å². The number of carboxylic acid groups (broad SMARTS) is 1. The van der Waals surface area contributed by atoms with Crippen molar-refractivity contribution in [3.05, 3.63) is 0 Å². The van der Waals surface area contributed by atoms with Crippen molar-refractivity contribution in [1.29, 1.82) is 5.26 Å². The SMILES string of the molecule is N#C[C@@H]1CS[C@H]2C[C@@H](NC(=O)O)C(=O)N12. The Bertz CT molecular complexity index is 354. The van der Waals surface area contributed by atoms with Crippen LogP contribution in [0.25, 0.3) is 0 Å². The molecule has 0 aliphatic carbocycles. The van der Waals surface area contributed by atoms with Crippen LogP contribution in [0.5, 0.6) is 0 Å². The number of nitriles is 1. The van der Waals surface area contributed by atoms with Crippen molar-refractivity contribution >= 4 is 23.8 Å². The van der Waals surface area contributed by atoms with Crippen LogP contribution < -0.4 is 5.32 Å². The summed E-state index contributed by atoms with van der Waals surface area (Å²) < 4.78 is 0. The molecule has 6 nitrogen and oxygen atoms in total. The molecule has 2 rings (SSSR count). The fraction of sp³-hybridized carbons (Fsp3) is 0.625. The highest BCUT2D eigenvalue weighted by molar-refractivity contribution is 8.00. The molecule has 0 aromatic rings. The first-order valence-electron chi connectivity index (χ1n) is 4.46. The number of amides is 2. The summed E-state index contributed by atoms with van der Waals surface area (Å²) in [4.78, 5) is 23.6. The van der Waals surface area contributed by atoms with Gasteiger partial charge in [0.1, 0.15) is 12.1 Å². The zero-order valence-electron chi connectivity index (χ0n) is 7.71. The number of carbonyl (C=O) groups excluding carboxylic acids is 1. The van der Waals surface area contributed by atoms with Gasteiger partial charge in [0, 0.05) is 12.2 Å². The molecule has 0 radical (unpaired) electrons. The highest BCUT2D eigenvalue weighted by Gasteiger charge is 2.48. The summed E-state index contributed by atoms with van der Waals surface area (Å²) in [6.45, 7) is 0. The zero-order valence-corrected chi connectivity index (χ0v) is 8.53. The van der Waals surface area contributed by atoms with Gasteiger partial charge >= 0.3 is 6.09 Å². The van der Waals surface area contributed by atoms with Crippen LogP contribution in [0.2, 0.25) is 0 Å². The first-order chi connectivity index (χ1) is 7.13. The van der Waals surface area contributed by atoms with E-state index < -0.39 is 18.2 Å². The van der Waals surface area contributed by atoms with Gasteiger partial charge in [0.25, 0.3) is 0 Å². The molecule has 2 heterocycles. The van der Waals surface area contributed by atoms with Gasteiger partial charge < -0.3 is 15.3 Å². The van der Waals surface area contributed by atoms with Gasteiger partial charge in [0.15, 0.2) is 0 Å². The summed E-state index contributed by atoms with van der Waals surface area (Å²) in [6.07, 6.45) is -0.749. The van der Waals surface area contributed by atoms with Crippen LogP contribution in [-0.4, -0.2) is 45.2 Å². The maximum atomic E-state index is 11.7. The van der Waals surface area contributed by atoms with Gasteiger partial charge in [-0.05, 0) is 0 Å². The monoisotopic (exact) mass is 227 g/mol. The fourth-order valence-corrected chi connectivity index (χ4v) is 3.27. The molecule has 2 saturated heterocycles. The Kier molecular flexibility index (Phi) is 2.44. The molecule has 0 unspecified atom stereocenters. The molecule has 2 fully saturated rings. The second-order valence-corrected chi connectivity index (χ2v) is 4.63. The van der Waals surface area contributed by atoms with Crippen LogP contribution in [0.3, 0.4) is 0 Å². The van der Waals surface area contributed by atoms with E-state index in [4.69, 9.17) is 10.4 Å². The molecule has 80 valence electrons. The lowest BCUT2D eigenvalue weighted by Gasteiger charge is -2.17. The lowest BCUT2D eigenvalue weighted by Crippen LogP contribution is -2.43. The van der Waals surface area contributed by atoms with Crippen molar-refractivity contribution in [2.45, 2.75) is 23.9 Å². The number of thioether (sulfide) groups is 1. The zero-order chi connectivity index (χ0) is 11.0. The van der Waals surface area contributed by atoms with E-state index in [9.17, 15) is 9.59 Å². The molecule has 0 saturated carbocycles. The molecule has 0 spiro atoms. The van der Waals surface area contributed by atoms with Crippen molar-refractivity contribution in [2.24, 2.45) is 0 Å². The molecular formula is C8H9N3O3S. The third-order valence-electron chi connectivity index (χ3n) is 2.53. The number of carbonyl (C=O) groups is 2. The maximum Gasteiger partial charge on any atom is 0.405 e. The minimum absolute atomic E-state index is 0.0426. The molecule has 7 heteroatoms. The Balaban J connectivity index is 2.10. The van der Waals surface area contributed by atoms with Gasteiger partial charge in [-0.1, -0.05) is 0 Å². The fourth-order valence-electron chi connectivity index (χ4n) is 1.89. The summed E-state index contributed by atoms with van der Waals surface area (Å²) in [6, 6.07) is 0.955. The van der Waals surface area contributed by atoms with Gasteiger partial charge in [-0.2, -0.15) is 5.26 Å². The molecule has 0 bridgehead atoms. The first-order valence-corrected chi connectivity index (χ1v) is 5.51. The summed E-state index contributed by atoms with van der Waals surface area (Å²) in [7, 11) is 0. The van der Waals surface area contributed by atoms with E-state index in [2.05, 4.69) is 5.32 Å². The molecule has 0 aromatic heterocycles. The molecule has 2 amide bonds. The Morgan fingerprint density at radius 2 is 2.47 bits per heavy atom. The molecular weight excluding hydrogens is 218 g/mol. The van der Waals surface area contributed by atoms with E-state index in [0.29, 0.717) is 12.2 Å². The van der Waals surface area contributed by atoms with E-state index >= 15 is 0 Å². The Morgan fingerprint density at radius 3 is 3.07 bits per heavy atom. The number of rotatable bonds is 1. The molecule has 2 N–H and O–H groups in total. The summed E-state index contributed by atoms with van der Waals surface area (Å²) in [5, 5.41) is 19.5. The lowest BCUT2D eigenvalue weighted by atomic mass is 10.2. The highest BCUT2D eigenvalue weighted by Crippen LogP contribution is 2.37.